The van der Waals surface area contributed by atoms with Crippen molar-refractivity contribution in [3.63, 3.8) is 0 Å². The zero-order valence-corrected chi connectivity index (χ0v) is 11.8. The van der Waals surface area contributed by atoms with Gasteiger partial charge in [0.15, 0.2) is 0 Å². The number of anilines is 1. The van der Waals surface area contributed by atoms with Crippen molar-refractivity contribution >= 4 is 17.6 Å². The number of para-hydroxylation sites is 1. The van der Waals surface area contributed by atoms with E-state index in [2.05, 4.69) is 0 Å². The summed E-state index contributed by atoms with van der Waals surface area (Å²) >= 11 is 0. The molecular weight excluding hydrogens is 272 g/mol. The number of carboxylic acids is 1. The minimum absolute atomic E-state index is 0.0870. The molecule has 1 aromatic carbocycles. The third kappa shape index (κ3) is 4.03. The van der Waals surface area contributed by atoms with Gasteiger partial charge in [-0.15, -0.1) is 0 Å². The van der Waals surface area contributed by atoms with Crippen molar-refractivity contribution in [2.24, 2.45) is 5.73 Å². The van der Waals surface area contributed by atoms with Gasteiger partial charge >= 0.3 is 5.97 Å². The number of benzene rings is 1. The Morgan fingerprint density at radius 2 is 2.00 bits per heavy atom. The van der Waals surface area contributed by atoms with Crippen molar-refractivity contribution in [1.29, 1.82) is 0 Å². The standard InChI is InChI=1S/C15H20N2O4/c16-10-12-6-7-13(21-12)15(20)17(9-8-14(18)19)11-4-2-1-3-5-11/h1-5,12-13H,6-10,16H2,(H,18,19). The maximum absolute atomic E-state index is 12.6. The minimum Gasteiger partial charge on any atom is -0.481 e. The lowest BCUT2D eigenvalue weighted by atomic mass is 10.1. The van der Waals surface area contributed by atoms with Crippen molar-refractivity contribution < 1.29 is 19.4 Å². The number of carbonyl (C=O) groups is 2. The van der Waals surface area contributed by atoms with Gasteiger partial charge in [0.05, 0.1) is 12.5 Å². The number of rotatable bonds is 6. The van der Waals surface area contributed by atoms with Crippen molar-refractivity contribution in [3.8, 4) is 0 Å². The average Bonchev–Trinajstić information content (AvgIpc) is 2.97. The molecule has 0 aliphatic carbocycles. The molecule has 1 amide bonds. The number of carbonyl (C=O) groups excluding carboxylic acids is 1. The summed E-state index contributed by atoms with van der Waals surface area (Å²) in [7, 11) is 0. The second-order valence-corrected chi connectivity index (χ2v) is 5.03. The van der Waals surface area contributed by atoms with Gasteiger partial charge in [-0.3, -0.25) is 9.59 Å². The van der Waals surface area contributed by atoms with Crippen LogP contribution in [-0.4, -0.2) is 42.3 Å². The number of hydrogen-bond donors (Lipinski definition) is 2. The van der Waals surface area contributed by atoms with Crippen LogP contribution in [-0.2, 0) is 14.3 Å². The Labute approximate surface area is 123 Å². The Bertz CT molecular complexity index is 492. The Morgan fingerprint density at radius 3 is 2.57 bits per heavy atom. The topological polar surface area (TPSA) is 92.9 Å². The summed E-state index contributed by atoms with van der Waals surface area (Å²) in [5.74, 6) is -1.13. The quantitative estimate of drug-likeness (QED) is 0.816. The van der Waals surface area contributed by atoms with E-state index in [0.717, 1.165) is 6.42 Å². The van der Waals surface area contributed by atoms with E-state index in [1.807, 2.05) is 18.2 Å². The first kappa shape index (κ1) is 15.5. The normalized spacial score (nSPS) is 21.2. The summed E-state index contributed by atoms with van der Waals surface area (Å²) in [4.78, 5) is 24.9. The van der Waals surface area contributed by atoms with E-state index in [0.29, 0.717) is 18.7 Å². The Morgan fingerprint density at radius 1 is 1.29 bits per heavy atom. The van der Waals surface area contributed by atoms with E-state index >= 15 is 0 Å². The SMILES string of the molecule is NCC1CCC(C(=O)N(CCC(=O)O)c2ccccc2)O1. The van der Waals surface area contributed by atoms with Gasteiger partial charge in [-0.2, -0.15) is 0 Å². The number of nitrogens with two attached hydrogens (primary N) is 1. The van der Waals surface area contributed by atoms with Crippen LogP contribution in [0, 0.1) is 0 Å². The fourth-order valence-electron chi connectivity index (χ4n) is 2.42. The van der Waals surface area contributed by atoms with Crippen LogP contribution in [0.4, 0.5) is 5.69 Å². The largest absolute Gasteiger partial charge is 0.481 e. The number of carboxylic acid groups (broad SMARTS) is 1. The molecule has 2 unspecified atom stereocenters. The molecule has 21 heavy (non-hydrogen) atoms. The molecule has 2 rings (SSSR count). The van der Waals surface area contributed by atoms with Gasteiger partial charge in [0, 0.05) is 18.8 Å². The smallest absolute Gasteiger partial charge is 0.305 e. The van der Waals surface area contributed by atoms with Crippen molar-refractivity contribution in [1.82, 2.24) is 0 Å². The zero-order valence-electron chi connectivity index (χ0n) is 11.8. The number of ether oxygens (including phenoxy) is 1. The highest BCUT2D eigenvalue weighted by Gasteiger charge is 2.33. The fourth-order valence-corrected chi connectivity index (χ4v) is 2.42. The molecule has 1 aromatic rings. The molecule has 6 heteroatoms. The van der Waals surface area contributed by atoms with Gasteiger partial charge in [-0.25, -0.2) is 0 Å². The van der Waals surface area contributed by atoms with E-state index in [1.165, 1.54) is 4.90 Å². The van der Waals surface area contributed by atoms with Gasteiger partial charge in [0.2, 0.25) is 0 Å². The number of nitrogens with zero attached hydrogens (tertiary/aromatic N) is 1. The van der Waals surface area contributed by atoms with Gasteiger partial charge < -0.3 is 20.5 Å². The molecule has 114 valence electrons. The summed E-state index contributed by atoms with van der Waals surface area (Å²) in [6.45, 7) is 0.523. The third-order valence-electron chi connectivity index (χ3n) is 3.53. The Hall–Kier alpha value is -1.92. The van der Waals surface area contributed by atoms with Gasteiger partial charge in [-0.05, 0) is 25.0 Å². The maximum Gasteiger partial charge on any atom is 0.305 e. The predicted molar refractivity (Wildman–Crippen MR) is 78.0 cm³/mol. The first-order chi connectivity index (χ1) is 10.1. The molecule has 0 bridgehead atoms. The Kier molecular flexibility index (Phi) is 5.30. The molecule has 1 aliphatic heterocycles. The molecule has 0 radical (unpaired) electrons. The second kappa shape index (κ2) is 7.19. The summed E-state index contributed by atoms with van der Waals surface area (Å²) in [5.41, 5.74) is 6.24. The van der Waals surface area contributed by atoms with Crippen LogP contribution in [0.2, 0.25) is 0 Å². The van der Waals surface area contributed by atoms with E-state index < -0.39 is 12.1 Å². The third-order valence-corrected chi connectivity index (χ3v) is 3.53. The lowest BCUT2D eigenvalue weighted by molar-refractivity contribution is -0.136. The molecule has 0 spiro atoms. The zero-order chi connectivity index (χ0) is 15.2. The van der Waals surface area contributed by atoms with Crippen LogP contribution >= 0.6 is 0 Å². The van der Waals surface area contributed by atoms with Crippen LogP contribution in [0.5, 0.6) is 0 Å². The van der Waals surface area contributed by atoms with Crippen molar-refractivity contribution in [2.45, 2.75) is 31.5 Å². The van der Waals surface area contributed by atoms with E-state index in [4.69, 9.17) is 15.6 Å². The lowest BCUT2D eigenvalue weighted by Crippen LogP contribution is -2.41. The lowest BCUT2D eigenvalue weighted by Gasteiger charge is -2.25. The van der Waals surface area contributed by atoms with Gasteiger partial charge in [0.25, 0.3) is 5.91 Å². The summed E-state index contributed by atoms with van der Waals surface area (Å²) in [6.07, 6.45) is 0.655. The Balaban J connectivity index is 2.11. The molecule has 2 atom stereocenters. The van der Waals surface area contributed by atoms with Gasteiger partial charge in [-0.1, -0.05) is 18.2 Å². The summed E-state index contributed by atoms with van der Waals surface area (Å²) in [5, 5.41) is 8.85. The monoisotopic (exact) mass is 292 g/mol. The second-order valence-electron chi connectivity index (χ2n) is 5.03. The summed E-state index contributed by atoms with van der Waals surface area (Å²) in [6, 6.07) is 9.05. The molecule has 6 nitrogen and oxygen atoms in total. The van der Waals surface area contributed by atoms with Crippen LogP contribution < -0.4 is 10.6 Å². The van der Waals surface area contributed by atoms with Crippen LogP contribution in [0.3, 0.4) is 0 Å². The van der Waals surface area contributed by atoms with Crippen molar-refractivity contribution in [2.75, 3.05) is 18.0 Å². The van der Waals surface area contributed by atoms with E-state index in [-0.39, 0.29) is 25.0 Å². The molecule has 1 heterocycles. The van der Waals surface area contributed by atoms with Gasteiger partial charge in [0.1, 0.15) is 6.10 Å². The highest BCUT2D eigenvalue weighted by Crippen LogP contribution is 2.23. The number of aliphatic carboxylic acids is 1. The predicted octanol–water partition coefficient (Wildman–Crippen LogP) is 1.00. The number of amides is 1. The first-order valence-corrected chi connectivity index (χ1v) is 7.05. The number of hydrogen-bond acceptors (Lipinski definition) is 4. The molecular formula is C15H20N2O4. The van der Waals surface area contributed by atoms with E-state index in [1.54, 1.807) is 12.1 Å². The molecule has 1 aliphatic rings. The van der Waals surface area contributed by atoms with Crippen LogP contribution in [0.15, 0.2) is 30.3 Å². The van der Waals surface area contributed by atoms with Crippen LogP contribution in [0.1, 0.15) is 19.3 Å². The first-order valence-electron chi connectivity index (χ1n) is 7.05. The maximum atomic E-state index is 12.6. The molecule has 1 saturated heterocycles. The molecule has 0 aromatic heterocycles. The highest BCUT2D eigenvalue weighted by molar-refractivity contribution is 5.97. The summed E-state index contributed by atoms with van der Waals surface area (Å²) < 4.78 is 5.62. The molecule has 0 saturated carbocycles. The minimum atomic E-state index is -0.934. The molecule has 1 fully saturated rings. The van der Waals surface area contributed by atoms with E-state index in [9.17, 15) is 9.59 Å². The van der Waals surface area contributed by atoms with Crippen molar-refractivity contribution in [3.05, 3.63) is 30.3 Å². The fraction of sp³-hybridized carbons (Fsp3) is 0.467. The average molecular weight is 292 g/mol. The highest BCUT2D eigenvalue weighted by atomic mass is 16.5. The van der Waals surface area contributed by atoms with Crippen LogP contribution in [0.25, 0.3) is 0 Å². The molecule has 3 N–H and O–H groups in total.